The summed E-state index contributed by atoms with van der Waals surface area (Å²) in [6.07, 6.45) is -3.49. The van der Waals surface area contributed by atoms with Gasteiger partial charge in [0.1, 0.15) is 23.8 Å². The molecule has 16 heteroatoms. The Morgan fingerprint density at radius 1 is 1.24 bits per heavy atom. The van der Waals surface area contributed by atoms with Gasteiger partial charge in [-0.2, -0.15) is 9.97 Å². The van der Waals surface area contributed by atoms with E-state index in [9.17, 15) is 30.0 Å². The lowest BCUT2D eigenvalue weighted by Crippen LogP contribution is -2.52. The van der Waals surface area contributed by atoms with Crippen LogP contribution in [0.2, 0.25) is 5.28 Å². The summed E-state index contributed by atoms with van der Waals surface area (Å²) in [6.45, 7) is -0.663. The minimum atomic E-state index is -2.68. The minimum absolute atomic E-state index is 0.00782. The van der Waals surface area contributed by atoms with Gasteiger partial charge >= 0.3 is 11.9 Å². The van der Waals surface area contributed by atoms with Crippen molar-refractivity contribution in [2.24, 2.45) is 0 Å². The van der Waals surface area contributed by atoms with Crippen molar-refractivity contribution >= 4 is 51.9 Å². The van der Waals surface area contributed by atoms with Gasteiger partial charge in [0.05, 0.1) is 24.4 Å². The predicted molar refractivity (Wildman–Crippen MR) is 110 cm³/mol. The number of nitrogens with two attached hydrogens (primary N) is 1. The van der Waals surface area contributed by atoms with E-state index in [-0.39, 0.29) is 27.3 Å². The number of hydrogen-bond donors (Lipinski definition) is 5. The number of thiazole rings is 1. The number of imidazole rings is 1. The Morgan fingerprint density at radius 2 is 1.97 bits per heavy atom. The number of aliphatic hydroxyl groups excluding tert-OH is 2. The molecule has 1 aliphatic heterocycles. The summed E-state index contributed by atoms with van der Waals surface area (Å²) in [5.74, 6) is -3.51. The molecule has 1 fully saturated rings. The van der Waals surface area contributed by atoms with Gasteiger partial charge in [-0.25, -0.2) is 19.6 Å². The zero-order valence-corrected chi connectivity index (χ0v) is 18.0. The fourth-order valence-corrected chi connectivity index (χ4v) is 4.25. The third-order valence-corrected chi connectivity index (χ3v) is 6.05. The van der Waals surface area contributed by atoms with E-state index in [0.29, 0.717) is 0 Å². The SMILES string of the molecule is Nc1nc(Cl)nc2c1ncn2[C@@H]1O[C@H](COC(Cc2nccs2)(C(=O)O)C(=O)O)[C@@H](O)[C@H]1O. The molecule has 33 heavy (non-hydrogen) atoms. The van der Waals surface area contributed by atoms with Crippen molar-refractivity contribution in [3.8, 4) is 0 Å². The maximum atomic E-state index is 11.9. The van der Waals surface area contributed by atoms with Crippen LogP contribution >= 0.6 is 22.9 Å². The van der Waals surface area contributed by atoms with Gasteiger partial charge in [-0.15, -0.1) is 11.3 Å². The molecule has 1 aliphatic rings. The molecule has 0 aromatic carbocycles. The molecule has 6 N–H and O–H groups in total. The van der Waals surface area contributed by atoms with Crippen molar-refractivity contribution < 1.29 is 39.5 Å². The first-order valence-electron chi connectivity index (χ1n) is 9.30. The maximum Gasteiger partial charge on any atom is 0.348 e. The highest BCUT2D eigenvalue weighted by molar-refractivity contribution is 7.09. The van der Waals surface area contributed by atoms with Crippen molar-refractivity contribution in [1.29, 1.82) is 0 Å². The Labute approximate surface area is 193 Å². The molecular formula is C17H17ClN6O8S. The summed E-state index contributed by atoms with van der Waals surface area (Å²) in [5.41, 5.74) is 3.40. The van der Waals surface area contributed by atoms with Crippen LogP contribution in [-0.4, -0.2) is 87.4 Å². The van der Waals surface area contributed by atoms with Crippen molar-refractivity contribution in [3.05, 3.63) is 28.2 Å². The lowest BCUT2D eigenvalue weighted by atomic mass is 10.00. The van der Waals surface area contributed by atoms with E-state index in [1.165, 1.54) is 17.1 Å². The molecular weight excluding hydrogens is 484 g/mol. The second-order valence-corrected chi connectivity index (χ2v) is 8.42. The van der Waals surface area contributed by atoms with E-state index in [1.54, 1.807) is 5.38 Å². The van der Waals surface area contributed by atoms with Crippen LogP contribution in [0.4, 0.5) is 5.82 Å². The Balaban J connectivity index is 1.57. The molecule has 0 saturated carbocycles. The first-order valence-corrected chi connectivity index (χ1v) is 10.6. The molecule has 0 amide bonds. The number of halogens is 1. The summed E-state index contributed by atoms with van der Waals surface area (Å²) in [4.78, 5) is 39.5. The van der Waals surface area contributed by atoms with E-state index in [2.05, 4.69) is 19.9 Å². The molecule has 0 radical (unpaired) electrons. The van der Waals surface area contributed by atoms with Crippen molar-refractivity contribution in [2.45, 2.75) is 36.6 Å². The number of anilines is 1. The number of aliphatic carboxylic acids is 2. The lowest BCUT2D eigenvalue weighted by molar-refractivity contribution is -0.190. The van der Waals surface area contributed by atoms with Crippen LogP contribution in [0.25, 0.3) is 11.2 Å². The van der Waals surface area contributed by atoms with Crippen LogP contribution in [0.5, 0.6) is 0 Å². The van der Waals surface area contributed by atoms with E-state index >= 15 is 0 Å². The topological polar surface area (TPSA) is 216 Å². The first-order chi connectivity index (χ1) is 15.6. The highest BCUT2D eigenvalue weighted by Crippen LogP contribution is 2.33. The number of carboxylic acids is 2. The summed E-state index contributed by atoms with van der Waals surface area (Å²) in [5, 5.41) is 41.8. The highest BCUT2D eigenvalue weighted by atomic mass is 35.5. The third kappa shape index (κ3) is 4.09. The molecule has 0 spiro atoms. The van der Waals surface area contributed by atoms with Gasteiger partial charge < -0.3 is 35.6 Å². The molecule has 176 valence electrons. The van der Waals surface area contributed by atoms with E-state index < -0.39 is 55.1 Å². The van der Waals surface area contributed by atoms with Crippen LogP contribution in [-0.2, 0) is 25.5 Å². The Morgan fingerprint density at radius 3 is 2.61 bits per heavy atom. The summed E-state index contributed by atoms with van der Waals surface area (Å²) in [7, 11) is 0. The van der Waals surface area contributed by atoms with Gasteiger partial charge in [0.25, 0.3) is 5.60 Å². The molecule has 0 aliphatic carbocycles. The minimum Gasteiger partial charge on any atom is -0.479 e. The fourth-order valence-electron chi connectivity index (χ4n) is 3.39. The van der Waals surface area contributed by atoms with E-state index in [0.717, 1.165) is 11.3 Å². The van der Waals surface area contributed by atoms with E-state index in [1.807, 2.05) is 0 Å². The quantitative estimate of drug-likeness (QED) is 0.191. The number of nitrogens with zero attached hydrogens (tertiary/aromatic N) is 5. The molecule has 0 unspecified atom stereocenters. The largest absolute Gasteiger partial charge is 0.479 e. The van der Waals surface area contributed by atoms with Crippen LogP contribution in [0.15, 0.2) is 17.9 Å². The number of carboxylic acid groups (broad SMARTS) is 2. The normalized spacial score (nSPS) is 23.2. The first kappa shape index (κ1) is 23.2. The number of ether oxygens (including phenoxy) is 2. The van der Waals surface area contributed by atoms with Gasteiger partial charge in [-0.1, -0.05) is 0 Å². The Hall–Kier alpha value is -2.95. The van der Waals surface area contributed by atoms with Crippen LogP contribution < -0.4 is 5.73 Å². The number of fused-ring (bicyclic) bond motifs is 1. The number of aromatic nitrogens is 5. The second kappa shape index (κ2) is 8.77. The molecule has 4 rings (SSSR count). The zero-order chi connectivity index (χ0) is 23.9. The number of aliphatic hydroxyl groups is 2. The molecule has 4 atom stereocenters. The predicted octanol–water partition coefficient (Wildman–Crippen LogP) is -0.695. The van der Waals surface area contributed by atoms with Gasteiger partial charge in [0.15, 0.2) is 17.7 Å². The van der Waals surface area contributed by atoms with E-state index in [4.69, 9.17) is 26.8 Å². The van der Waals surface area contributed by atoms with Gasteiger partial charge in [0.2, 0.25) is 5.28 Å². The zero-order valence-electron chi connectivity index (χ0n) is 16.5. The van der Waals surface area contributed by atoms with Crippen LogP contribution in [0.3, 0.4) is 0 Å². The molecule has 3 aromatic heterocycles. The summed E-state index contributed by atoms with van der Waals surface area (Å²) >= 11 is 6.90. The number of rotatable bonds is 8. The average molecular weight is 501 g/mol. The molecule has 0 bridgehead atoms. The maximum absolute atomic E-state index is 11.9. The van der Waals surface area contributed by atoms with Crippen molar-refractivity contribution in [3.63, 3.8) is 0 Å². The summed E-state index contributed by atoms with van der Waals surface area (Å²) < 4.78 is 12.2. The second-order valence-electron chi connectivity index (χ2n) is 7.10. The molecule has 3 aromatic rings. The van der Waals surface area contributed by atoms with Crippen molar-refractivity contribution in [1.82, 2.24) is 24.5 Å². The smallest absolute Gasteiger partial charge is 0.348 e. The number of hydrogen-bond acceptors (Lipinski definition) is 12. The van der Waals surface area contributed by atoms with Gasteiger partial charge in [-0.3, -0.25) is 4.57 Å². The Bertz CT molecular complexity index is 1180. The molecule has 1 saturated heterocycles. The summed E-state index contributed by atoms with van der Waals surface area (Å²) in [6, 6.07) is 0. The number of carbonyl (C=O) groups is 2. The fraction of sp³-hybridized carbons (Fsp3) is 0.412. The van der Waals surface area contributed by atoms with Crippen molar-refractivity contribution in [2.75, 3.05) is 12.3 Å². The molecule has 14 nitrogen and oxygen atoms in total. The van der Waals surface area contributed by atoms with Crippen LogP contribution in [0, 0.1) is 0 Å². The van der Waals surface area contributed by atoms with Gasteiger partial charge in [0, 0.05) is 11.6 Å². The highest BCUT2D eigenvalue weighted by Gasteiger charge is 2.52. The Kier molecular flexibility index (Phi) is 6.17. The lowest BCUT2D eigenvalue weighted by Gasteiger charge is -2.26. The van der Waals surface area contributed by atoms with Crippen LogP contribution in [0.1, 0.15) is 11.2 Å². The molecule has 4 heterocycles. The average Bonchev–Trinajstić information content (AvgIpc) is 3.46. The standard InChI is InChI=1S/C17H17ClN6O8S/c18-16-22-11(19)8-12(23-16)24(5-21-8)13-10(26)9(25)6(32-13)4-31-17(14(27)28,15(29)30)3-7-20-1-2-33-7/h1-2,5-6,9-10,13,25-26H,3-4H2,(H,27,28)(H,29,30)(H2,19,22,23)/t6-,9-,10-,13-/m1/s1. The van der Waals surface area contributed by atoms with Gasteiger partial charge in [-0.05, 0) is 11.6 Å². The monoisotopic (exact) mass is 500 g/mol. The number of nitrogen functional groups attached to an aromatic ring is 1. The third-order valence-electron chi connectivity index (χ3n) is 5.10.